The zero-order valence-electron chi connectivity index (χ0n) is 13.3. The predicted molar refractivity (Wildman–Crippen MR) is 89.8 cm³/mol. The minimum atomic E-state index is -0.818. The van der Waals surface area contributed by atoms with Crippen molar-refractivity contribution in [3.05, 3.63) is 48.3 Å². The van der Waals surface area contributed by atoms with Crippen molar-refractivity contribution in [3.63, 3.8) is 0 Å². The lowest BCUT2D eigenvalue weighted by molar-refractivity contribution is -0.137. The molecule has 6 nitrogen and oxygen atoms in total. The van der Waals surface area contributed by atoms with Crippen molar-refractivity contribution in [3.8, 4) is 11.4 Å². The molecule has 24 heavy (non-hydrogen) atoms. The molecule has 0 atom stereocenters. The second-order valence-corrected chi connectivity index (χ2v) is 5.59. The summed E-state index contributed by atoms with van der Waals surface area (Å²) in [6, 6.07) is 9.14. The average molecular weight is 323 g/mol. The molecule has 2 aromatic heterocycles. The van der Waals surface area contributed by atoms with Crippen LogP contribution in [-0.4, -0.2) is 31.4 Å². The molecule has 122 valence electrons. The molecular formula is C18H17N3O3. The molecule has 0 amide bonds. The molecule has 1 N–H and O–H groups in total. The number of hydrogen-bond acceptors (Lipinski definition) is 4. The Balaban J connectivity index is 2.09. The number of benzene rings is 1. The normalized spacial score (nSPS) is 10.9. The number of pyridine rings is 1. The smallest absolute Gasteiger partial charge is 0.303 e. The number of hydrogen-bond donors (Lipinski definition) is 1. The van der Waals surface area contributed by atoms with Crippen LogP contribution < -0.4 is 0 Å². The van der Waals surface area contributed by atoms with Gasteiger partial charge in [-0.05, 0) is 43.7 Å². The number of carboxylic acid groups (broad SMARTS) is 1. The second kappa shape index (κ2) is 6.62. The average Bonchev–Trinajstić information content (AvgIpc) is 2.93. The number of carboxylic acids is 1. The molecule has 0 aliphatic rings. The quantitative estimate of drug-likeness (QED) is 0.704. The number of carbonyl (C=O) groups excluding carboxylic acids is 1. The number of nitrogens with zero attached hydrogens (tertiary/aromatic N) is 3. The van der Waals surface area contributed by atoms with Gasteiger partial charge >= 0.3 is 5.97 Å². The van der Waals surface area contributed by atoms with E-state index in [0.717, 1.165) is 22.4 Å². The third-order valence-electron chi connectivity index (χ3n) is 3.85. The summed E-state index contributed by atoms with van der Waals surface area (Å²) in [7, 11) is 0. The van der Waals surface area contributed by atoms with Gasteiger partial charge < -0.3 is 9.67 Å². The Kier molecular flexibility index (Phi) is 4.37. The van der Waals surface area contributed by atoms with Gasteiger partial charge in [-0.3, -0.25) is 14.6 Å². The van der Waals surface area contributed by atoms with Crippen molar-refractivity contribution in [2.75, 3.05) is 0 Å². The minimum Gasteiger partial charge on any atom is -0.481 e. The van der Waals surface area contributed by atoms with E-state index in [2.05, 4.69) is 9.97 Å². The number of aryl methyl sites for hydroxylation is 1. The molecule has 0 spiro atoms. The number of ketones is 1. The van der Waals surface area contributed by atoms with Gasteiger partial charge in [-0.25, -0.2) is 4.98 Å². The maximum Gasteiger partial charge on any atom is 0.303 e. The molecule has 3 rings (SSSR count). The highest BCUT2D eigenvalue weighted by Gasteiger charge is 2.14. The lowest BCUT2D eigenvalue weighted by atomic mass is 10.1. The first kappa shape index (κ1) is 15.9. The first-order chi connectivity index (χ1) is 11.6. The summed E-state index contributed by atoms with van der Waals surface area (Å²) >= 11 is 0. The van der Waals surface area contributed by atoms with Gasteiger partial charge in [0.05, 0.1) is 11.0 Å². The van der Waals surface area contributed by atoms with Crippen molar-refractivity contribution < 1.29 is 14.7 Å². The summed E-state index contributed by atoms with van der Waals surface area (Å²) < 4.78 is 1.99. The van der Waals surface area contributed by atoms with E-state index in [0.29, 0.717) is 18.5 Å². The highest BCUT2D eigenvalue weighted by atomic mass is 16.4. The van der Waals surface area contributed by atoms with Crippen LogP contribution in [0, 0.1) is 0 Å². The number of fused-ring (bicyclic) bond motifs is 1. The zero-order valence-corrected chi connectivity index (χ0v) is 13.3. The molecule has 0 aliphatic carbocycles. The van der Waals surface area contributed by atoms with Crippen molar-refractivity contribution in [2.24, 2.45) is 0 Å². The van der Waals surface area contributed by atoms with Crippen molar-refractivity contribution in [1.82, 2.24) is 14.5 Å². The number of Topliss-reactive ketones (excluding diaryl/α,β-unsaturated/α-hetero) is 1. The largest absolute Gasteiger partial charge is 0.481 e. The first-order valence-corrected chi connectivity index (χ1v) is 7.69. The van der Waals surface area contributed by atoms with Gasteiger partial charge in [-0.15, -0.1) is 0 Å². The Morgan fingerprint density at radius 1 is 1.25 bits per heavy atom. The van der Waals surface area contributed by atoms with E-state index >= 15 is 0 Å². The molecule has 6 heteroatoms. The summed E-state index contributed by atoms with van der Waals surface area (Å²) in [5.74, 6) is -0.106. The molecule has 0 saturated heterocycles. The number of carbonyl (C=O) groups is 2. The molecule has 1 aromatic carbocycles. The van der Waals surface area contributed by atoms with Crippen LogP contribution in [0.15, 0.2) is 42.7 Å². The molecule has 0 aliphatic heterocycles. The van der Waals surface area contributed by atoms with Crippen molar-refractivity contribution in [1.29, 1.82) is 0 Å². The van der Waals surface area contributed by atoms with Crippen LogP contribution in [0.5, 0.6) is 0 Å². The summed E-state index contributed by atoms with van der Waals surface area (Å²) in [6.07, 6.45) is 4.01. The number of aliphatic carboxylic acids is 1. The van der Waals surface area contributed by atoms with E-state index in [9.17, 15) is 9.59 Å². The molecule has 0 bridgehead atoms. The van der Waals surface area contributed by atoms with E-state index in [4.69, 9.17) is 5.11 Å². The Labute approximate surface area is 138 Å². The van der Waals surface area contributed by atoms with Gasteiger partial charge in [0.15, 0.2) is 5.78 Å². The van der Waals surface area contributed by atoms with Crippen LogP contribution in [0.25, 0.3) is 22.4 Å². The Hall–Kier alpha value is -3.02. The maximum absolute atomic E-state index is 11.6. The maximum atomic E-state index is 11.6. The van der Waals surface area contributed by atoms with E-state index in [-0.39, 0.29) is 12.2 Å². The molecule has 3 aromatic rings. The van der Waals surface area contributed by atoms with Gasteiger partial charge in [0.2, 0.25) is 0 Å². The van der Waals surface area contributed by atoms with Gasteiger partial charge in [-0.1, -0.05) is 0 Å². The lowest BCUT2D eigenvalue weighted by Gasteiger charge is -2.08. The van der Waals surface area contributed by atoms with Crippen LogP contribution >= 0.6 is 0 Å². The van der Waals surface area contributed by atoms with E-state index in [1.807, 2.05) is 22.8 Å². The monoisotopic (exact) mass is 323 g/mol. The number of aromatic nitrogens is 3. The standard InChI is InChI=1S/C18H17N3O3/c1-12(22)13-6-7-16-15(10-13)20-18(14-4-2-8-19-11-14)21(16)9-3-5-17(23)24/h2,4,6-8,10-11H,3,5,9H2,1H3,(H,23,24). The number of imidazole rings is 1. The zero-order chi connectivity index (χ0) is 17.1. The van der Waals surface area contributed by atoms with Gasteiger partial charge in [0.25, 0.3) is 0 Å². The van der Waals surface area contributed by atoms with Crippen LogP contribution in [0.4, 0.5) is 0 Å². The Morgan fingerprint density at radius 3 is 2.75 bits per heavy atom. The van der Waals surface area contributed by atoms with Gasteiger partial charge in [0.1, 0.15) is 5.82 Å². The molecule has 0 radical (unpaired) electrons. The molecular weight excluding hydrogens is 306 g/mol. The fraction of sp³-hybridized carbons (Fsp3) is 0.222. The fourth-order valence-corrected chi connectivity index (χ4v) is 2.68. The first-order valence-electron chi connectivity index (χ1n) is 7.69. The molecule has 0 fully saturated rings. The molecule has 2 heterocycles. The summed E-state index contributed by atoms with van der Waals surface area (Å²) in [6.45, 7) is 2.06. The summed E-state index contributed by atoms with van der Waals surface area (Å²) in [5.41, 5.74) is 3.06. The third-order valence-corrected chi connectivity index (χ3v) is 3.85. The minimum absolute atomic E-state index is 0.0137. The Bertz CT molecular complexity index is 901. The second-order valence-electron chi connectivity index (χ2n) is 5.59. The van der Waals surface area contributed by atoms with Crippen LogP contribution in [0.1, 0.15) is 30.1 Å². The van der Waals surface area contributed by atoms with Gasteiger partial charge in [-0.2, -0.15) is 0 Å². The molecule has 0 unspecified atom stereocenters. The predicted octanol–water partition coefficient (Wildman–Crippen LogP) is 3.17. The van der Waals surface area contributed by atoms with Gasteiger partial charge in [0, 0.05) is 36.5 Å². The summed E-state index contributed by atoms with van der Waals surface area (Å²) in [5, 5.41) is 8.87. The Morgan fingerprint density at radius 2 is 2.08 bits per heavy atom. The summed E-state index contributed by atoms with van der Waals surface area (Å²) in [4.78, 5) is 31.2. The lowest BCUT2D eigenvalue weighted by Crippen LogP contribution is -2.04. The van der Waals surface area contributed by atoms with Crippen LogP contribution in [0.3, 0.4) is 0 Å². The highest BCUT2D eigenvalue weighted by Crippen LogP contribution is 2.26. The van der Waals surface area contributed by atoms with E-state index < -0.39 is 5.97 Å². The van der Waals surface area contributed by atoms with E-state index in [1.165, 1.54) is 6.92 Å². The topological polar surface area (TPSA) is 85.1 Å². The van der Waals surface area contributed by atoms with Crippen LogP contribution in [0.2, 0.25) is 0 Å². The number of rotatable bonds is 6. The highest BCUT2D eigenvalue weighted by molar-refractivity contribution is 5.97. The van der Waals surface area contributed by atoms with Crippen molar-refractivity contribution in [2.45, 2.75) is 26.3 Å². The SMILES string of the molecule is CC(=O)c1ccc2c(c1)nc(-c1cccnc1)n2CCCC(=O)O. The molecule has 0 saturated carbocycles. The van der Waals surface area contributed by atoms with Crippen molar-refractivity contribution >= 4 is 22.8 Å². The van der Waals surface area contributed by atoms with E-state index in [1.54, 1.807) is 24.5 Å². The fourth-order valence-electron chi connectivity index (χ4n) is 2.68. The third kappa shape index (κ3) is 3.17. The van der Waals surface area contributed by atoms with Crippen LogP contribution in [-0.2, 0) is 11.3 Å².